The monoisotopic (exact) mass is 510 g/mol. The molecule has 2 nitrogen and oxygen atoms in total. The normalized spacial score (nSPS) is 13.2. The summed E-state index contributed by atoms with van der Waals surface area (Å²) < 4.78 is 12.5. The molecule has 8 aromatic rings. The molecule has 0 unspecified atom stereocenters. The van der Waals surface area contributed by atoms with E-state index in [1.165, 1.54) is 92.1 Å². The van der Waals surface area contributed by atoms with Gasteiger partial charge in [0.2, 0.25) is 0 Å². The molecular weight excluding hydrogens is 476 g/mol. The van der Waals surface area contributed by atoms with Crippen LogP contribution in [0.3, 0.4) is 0 Å². The molecule has 8 aromatic carbocycles. The van der Waals surface area contributed by atoms with Crippen LogP contribution in [0.25, 0.3) is 75.4 Å². The molecule has 2 heteroatoms. The number of hydrogen-bond acceptors (Lipinski definition) is 2. The Morgan fingerprint density at radius 2 is 1.03 bits per heavy atom. The third-order valence-electron chi connectivity index (χ3n) is 9.12. The zero-order valence-corrected chi connectivity index (χ0v) is 23.3. The van der Waals surface area contributed by atoms with Crippen molar-refractivity contribution in [2.24, 2.45) is 0 Å². The highest BCUT2D eigenvalue weighted by molar-refractivity contribution is 6.50. The van der Waals surface area contributed by atoms with E-state index in [2.05, 4.69) is 82.3 Å². The molecule has 0 aliphatic heterocycles. The van der Waals surface area contributed by atoms with Gasteiger partial charge in [-0.05, 0) is 131 Å². The van der Waals surface area contributed by atoms with Crippen molar-refractivity contribution in [1.29, 1.82) is 0 Å². The number of aryl methyl sites for hydroxylation is 2. The van der Waals surface area contributed by atoms with Crippen molar-refractivity contribution in [2.75, 3.05) is 13.2 Å². The second-order valence-corrected chi connectivity index (χ2v) is 11.3. The molecule has 0 bridgehead atoms. The second-order valence-electron chi connectivity index (χ2n) is 11.3. The summed E-state index contributed by atoms with van der Waals surface area (Å²) in [5.74, 6) is 0. The predicted molar refractivity (Wildman–Crippen MR) is 168 cm³/mol. The number of fused-ring (bicyclic) bond motifs is 3. The van der Waals surface area contributed by atoms with Crippen LogP contribution in [0.4, 0.5) is 0 Å². The van der Waals surface area contributed by atoms with Gasteiger partial charge in [0.05, 0.1) is 0 Å². The minimum absolute atomic E-state index is 0.333. The summed E-state index contributed by atoms with van der Waals surface area (Å²) >= 11 is 0. The Labute approximate surface area is 228 Å². The van der Waals surface area contributed by atoms with Gasteiger partial charge in [-0.1, -0.05) is 63.1 Å². The summed E-state index contributed by atoms with van der Waals surface area (Å²) in [7, 11) is 0. The highest BCUT2D eigenvalue weighted by Crippen LogP contribution is 2.54. The summed E-state index contributed by atoms with van der Waals surface area (Å²) in [6.45, 7) is 9.97. The lowest BCUT2D eigenvalue weighted by Gasteiger charge is -2.23. The van der Waals surface area contributed by atoms with Gasteiger partial charge in [-0.15, -0.1) is 0 Å². The maximum absolute atomic E-state index is 6.24. The largest absolute Gasteiger partial charge is 0.349 e. The first-order valence-corrected chi connectivity index (χ1v) is 14.8. The van der Waals surface area contributed by atoms with E-state index in [9.17, 15) is 0 Å². The van der Waals surface area contributed by atoms with Gasteiger partial charge in [0.1, 0.15) is 0 Å². The summed E-state index contributed by atoms with van der Waals surface area (Å²) in [6.07, 6.45) is 3.91. The van der Waals surface area contributed by atoms with Crippen LogP contribution in [0.2, 0.25) is 0 Å². The van der Waals surface area contributed by atoms with Crippen LogP contribution in [0, 0.1) is 0 Å². The van der Waals surface area contributed by atoms with Crippen molar-refractivity contribution in [2.45, 2.75) is 59.7 Å². The molecule has 0 radical (unpaired) electrons. The van der Waals surface area contributed by atoms with Gasteiger partial charge in [-0.2, -0.15) is 0 Å². The van der Waals surface area contributed by atoms with Crippen molar-refractivity contribution < 1.29 is 9.47 Å². The van der Waals surface area contributed by atoms with Crippen molar-refractivity contribution >= 4 is 75.4 Å². The van der Waals surface area contributed by atoms with Gasteiger partial charge in [-0.25, -0.2) is 0 Å². The van der Waals surface area contributed by atoms with Crippen LogP contribution in [0.5, 0.6) is 0 Å². The molecule has 0 N–H and O–H groups in total. The van der Waals surface area contributed by atoms with Crippen LogP contribution in [-0.4, -0.2) is 13.2 Å². The minimum Gasteiger partial charge on any atom is -0.349 e. The molecule has 8 rings (SSSR count). The van der Waals surface area contributed by atoms with Crippen LogP contribution >= 0.6 is 0 Å². The number of ether oxygens (including phenoxy) is 2. The summed E-state index contributed by atoms with van der Waals surface area (Å²) in [6, 6.07) is 21.4. The highest BCUT2D eigenvalue weighted by atomic mass is 16.7. The molecule has 0 saturated carbocycles. The molecule has 0 fully saturated rings. The van der Waals surface area contributed by atoms with Crippen LogP contribution in [0.15, 0.2) is 54.6 Å². The highest BCUT2D eigenvalue weighted by Gasteiger charge is 2.28. The quantitative estimate of drug-likeness (QED) is 0.142. The Morgan fingerprint density at radius 1 is 0.513 bits per heavy atom. The van der Waals surface area contributed by atoms with E-state index in [4.69, 9.17) is 9.47 Å². The molecule has 0 amide bonds. The third kappa shape index (κ3) is 2.94. The molecule has 0 aromatic heterocycles. The fourth-order valence-electron chi connectivity index (χ4n) is 7.82. The van der Waals surface area contributed by atoms with Gasteiger partial charge in [-0.3, -0.25) is 0 Å². The Bertz CT molecular complexity index is 2080. The van der Waals surface area contributed by atoms with Crippen molar-refractivity contribution in [3.63, 3.8) is 0 Å². The minimum atomic E-state index is -0.333. The molecule has 39 heavy (non-hydrogen) atoms. The first-order valence-electron chi connectivity index (χ1n) is 14.8. The zero-order chi connectivity index (χ0) is 26.4. The first-order chi connectivity index (χ1) is 19.2. The van der Waals surface area contributed by atoms with E-state index < -0.39 is 0 Å². The van der Waals surface area contributed by atoms with Gasteiger partial charge < -0.3 is 9.47 Å². The Morgan fingerprint density at radius 3 is 1.56 bits per heavy atom. The predicted octanol–water partition coefficient (Wildman–Crippen LogP) is 10.5. The van der Waals surface area contributed by atoms with E-state index in [1.54, 1.807) is 0 Å². The van der Waals surface area contributed by atoms with Gasteiger partial charge >= 0.3 is 0 Å². The molecule has 0 aliphatic carbocycles. The van der Waals surface area contributed by atoms with Crippen molar-refractivity contribution in [3.05, 3.63) is 71.3 Å². The Kier molecular flexibility index (Phi) is 5.12. The van der Waals surface area contributed by atoms with E-state index in [1.807, 2.05) is 0 Å². The van der Waals surface area contributed by atoms with E-state index in [0.29, 0.717) is 13.2 Å². The number of benzene rings is 6. The molecule has 0 heterocycles. The maximum atomic E-state index is 6.24. The fraction of sp³-hybridized carbons (Fsp3) is 0.297. The second kappa shape index (κ2) is 8.52. The van der Waals surface area contributed by atoms with Crippen LogP contribution in [0.1, 0.15) is 63.5 Å². The summed E-state index contributed by atoms with van der Waals surface area (Å²) in [5.41, 5.74) is 4.06. The molecular formula is C37H34O2. The smallest absolute Gasteiger partial charge is 0.184 e. The molecule has 0 spiro atoms. The number of hydrogen-bond donors (Lipinski definition) is 0. The van der Waals surface area contributed by atoms with E-state index >= 15 is 0 Å². The lowest BCUT2D eigenvalue weighted by Crippen LogP contribution is -2.12. The lowest BCUT2D eigenvalue weighted by molar-refractivity contribution is -0.140. The Hall–Kier alpha value is -3.46. The average molecular weight is 511 g/mol. The third-order valence-corrected chi connectivity index (χ3v) is 9.12. The topological polar surface area (TPSA) is 18.5 Å². The van der Waals surface area contributed by atoms with E-state index in [-0.39, 0.29) is 6.29 Å². The molecule has 0 aliphatic rings. The zero-order valence-electron chi connectivity index (χ0n) is 23.3. The molecule has 194 valence electrons. The van der Waals surface area contributed by atoms with Crippen LogP contribution < -0.4 is 0 Å². The standard InChI is InChI=1S/C37H34O2/c1-5-9-22-17-26(37(38-7-3)39-8-4)25(10-6-2)34-28-19-24-16-14-21-12-11-20-13-15-23-18-27(29(22)34)35(28)36-32(23)30(20)31(21)33(24)36/h11-19,37H,5-10H2,1-4H3. The van der Waals surface area contributed by atoms with Crippen molar-refractivity contribution in [1.82, 2.24) is 0 Å². The molecule has 0 atom stereocenters. The van der Waals surface area contributed by atoms with Crippen molar-refractivity contribution in [3.8, 4) is 0 Å². The number of rotatable bonds is 9. The first kappa shape index (κ1) is 23.4. The summed E-state index contributed by atoms with van der Waals surface area (Å²) in [4.78, 5) is 0. The maximum Gasteiger partial charge on any atom is 0.184 e. The van der Waals surface area contributed by atoms with E-state index in [0.717, 1.165) is 25.7 Å². The fourth-order valence-corrected chi connectivity index (χ4v) is 7.82. The van der Waals surface area contributed by atoms with Crippen LogP contribution in [-0.2, 0) is 22.3 Å². The van der Waals surface area contributed by atoms with Gasteiger partial charge in [0.25, 0.3) is 0 Å². The lowest BCUT2D eigenvalue weighted by atomic mass is 9.90. The van der Waals surface area contributed by atoms with Gasteiger partial charge in [0, 0.05) is 18.8 Å². The average Bonchev–Trinajstić information content (AvgIpc) is 3.48. The SMILES string of the molecule is CCCc1cc(C(OCC)OCC)c(CCC)c2c3cc4ccc5ccc6ccc7cc(c12)c3c1c7c6c5c41. The Balaban J connectivity index is 1.65. The van der Waals surface area contributed by atoms with Gasteiger partial charge in [0.15, 0.2) is 6.29 Å². The molecule has 0 saturated heterocycles. The summed E-state index contributed by atoms with van der Waals surface area (Å²) in [5, 5.41) is 19.9.